The molecule has 0 saturated carbocycles. The smallest absolute Gasteiger partial charge is 0.416 e. The van der Waals surface area contributed by atoms with Gasteiger partial charge in [-0.05, 0) is 64.0 Å². The van der Waals surface area contributed by atoms with Crippen LogP contribution >= 0.6 is 12.2 Å². The normalized spacial score (nSPS) is 18.4. The van der Waals surface area contributed by atoms with Crippen LogP contribution in [0.4, 0.5) is 13.2 Å². The summed E-state index contributed by atoms with van der Waals surface area (Å²) in [5.74, 6) is 0.184. The third-order valence-corrected chi connectivity index (χ3v) is 5.34. The number of alkyl halides is 3. The molecule has 0 atom stereocenters. The van der Waals surface area contributed by atoms with Crippen molar-refractivity contribution in [1.29, 1.82) is 0 Å². The van der Waals surface area contributed by atoms with Crippen LogP contribution in [-0.4, -0.2) is 34.6 Å². The minimum Gasteiger partial charge on any atom is -0.481 e. The molecule has 1 amide bonds. The number of rotatable bonds is 3. The number of ether oxygens (including phenoxy) is 1. The predicted molar refractivity (Wildman–Crippen MR) is 108 cm³/mol. The number of thiocarbonyl (C=S) groups is 1. The first-order valence-electron chi connectivity index (χ1n) is 9.47. The molecular weight excluding hydrogens is 403 g/mol. The number of fused-ring (bicyclic) bond motifs is 1. The van der Waals surface area contributed by atoms with Crippen molar-refractivity contribution in [1.82, 2.24) is 15.5 Å². The highest BCUT2D eigenvalue weighted by Crippen LogP contribution is 2.47. The van der Waals surface area contributed by atoms with Gasteiger partial charge in [0, 0.05) is 25.1 Å². The van der Waals surface area contributed by atoms with Gasteiger partial charge in [0.1, 0.15) is 11.4 Å². The molecule has 0 bridgehead atoms. The van der Waals surface area contributed by atoms with Gasteiger partial charge in [-0.2, -0.15) is 13.2 Å². The largest absolute Gasteiger partial charge is 0.481 e. The fraction of sp³-hybridized carbons (Fsp3) is 0.500. The van der Waals surface area contributed by atoms with Crippen LogP contribution in [0.1, 0.15) is 50.3 Å². The van der Waals surface area contributed by atoms with E-state index in [2.05, 4.69) is 10.6 Å². The van der Waals surface area contributed by atoms with Crippen LogP contribution in [0.25, 0.3) is 5.70 Å². The molecule has 1 aromatic rings. The molecule has 0 aliphatic carbocycles. The average Bonchev–Trinajstić information content (AvgIpc) is 3.00. The molecule has 1 saturated heterocycles. The Kier molecular flexibility index (Phi) is 5.55. The number of likely N-dealkylation sites (tertiary alicyclic amines) is 1. The minimum atomic E-state index is -4.52. The Labute approximate surface area is 173 Å². The number of carbonyl (C=O) groups excluding carboxylic acids is 1. The highest BCUT2D eigenvalue weighted by atomic mass is 32.1. The molecule has 2 aliphatic rings. The molecule has 5 nitrogen and oxygen atoms in total. The zero-order chi connectivity index (χ0) is 21.6. The number of carbonyl (C=O) groups is 1. The van der Waals surface area contributed by atoms with Crippen LogP contribution < -0.4 is 15.4 Å². The molecule has 29 heavy (non-hydrogen) atoms. The van der Waals surface area contributed by atoms with E-state index in [1.54, 1.807) is 18.7 Å². The zero-order valence-corrected chi connectivity index (χ0v) is 17.6. The van der Waals surface area contributed by atoms with Gasteiger partial charge in [0.25, 0.3) is 0 Å². The zero-order valence-electron chi connectivity index (χ0n) is 16.8. The maximum atomic E-state index is 13.6. The van der Waals surface area contributed by atoms with E-state index in [4.69, 9.17) is 17.0 Å². The molecule has 1 aromatic carbocycles. The first kappa shape index (κ1) is 21.4. The Morgan fingerprint density at radius 3 is 2.59 bits per heavy atom. The van der Waals surface area contributed by atoms with Gasteiger partial charge < -0.3 is 20.3 Å². The summed E-state index contributed by atoms with van der Waals surface area (Å²) in [4.78, 5) is 14.1. The molecule has 0 aromatic heterocycles. The van der Waals surface area contributed by atoms with Crippen molar-refractivity contribution in [2.24, 2.45) is 0 Å². The molecule has 2 aliphatic heterocycles. The summed E-state index contributed by atoms with van der Waals surface area (Å²) in [7, 11) is 0. The average molecular weight is 427 g/mol. The lowest BCUT2D eigenvalue weighted by atomic mass is 9.89. The second-order valence-electron chi connectivity index (χ2n) is 7.58. The molecule has 9 heteroatoms. The first-order chi connectivity index (χ1) is 13.5. The van der Waals surface area contributed by atoms with E-state index in [0.717, 1.165) is 6.07 Å². The van der Waals surface area contributed by atoms with E-state index in [9.17, 15) is 18.0 Å². The van der Waals surface area contributed by atoms with Gasteiger partial charge in [0.05, 0.1) is 17.0 Å². The summed E-state index contributed by atoms with van der Waals surface area (Å²) in [5.41, 5.74) is -0.518. The lowest BCUT2D eigenvalue weighted by molar-refractivity contribution is -0.138. The van der Waals surface area contributed by atoms with E-state index in [1.807, 2.05) is 6.92 Å². The lowest BCUT2D eigenvalue weighted by Crippen LogP contribution is -2.48. The summed E-state index contributed by atoms with van der Waals surface area (Å²) in [6, 6.07) is 2.35. The molecule has 1 fully saturated rings. The van der Waals surface area contributed by atoms with Crippen molar-refractivity contribution in [3.05, 3.63) is 34.5 Å². The van der Waals surface area contributed by atoms with E-state index in [1.165, 1.54) is 13.0 Å². The molecule has 0 radical (unpaired) electrons. The quantitative estimate of drug-likeness (QED) is 0.716. The van der Waals surface area contributed by atoms with Gasteiger partial charge >= 0.3 is 6.18 Å². The first-order valence-corrected chi connectivity index (χ1v) is 9.88. The van der Waals surface area contributed by atoms with Crippen LogP contribution in [0.5, 0.6) is 5.75 Å². The number of benzene rings is 1. The summed E-state index contributed by atoms with van der Waals surface area (Å²) >= 11 is 5.31. The fourth-order valence-electron chi connectivity index (χ4n) is 3.79. The molecule has 0 unspecified atom stereocenters. The van der Waals surface area contributed by atoms with Crippen molar-refractivity contribution in [2.45, 2.75) is 52.3 Å². The molecule has 2 N–H and O–H groups in total. The number of hydrogen-bond acceptors (Lipinski definition) is 3. The number of nitrogens with zero attached hydrogens (tertiary/aromatic N) is 1. The SMILES string of the molecule is CCNC(=S)NC1=C(N2CCCC2=O)c2c(ccc(C(F)(F)F)c2C)OC1(C)C. The third-order valence-electron chi connectivity index (χ3n) is 5.09. The second-order valence-corrected chi connectivity index (χ2v) is 7.99. The van der Waals surface area contributed by atoms with Gasteiger partial charge in [0.2, 0.25) is 5.91 Å². The Morgan fingerprint density at radius 2 is 2.03 bits per heavy atom. The van der Waals surface area contributed by atoms with Gasteiger partial charge in [-0.25, -0.2) is 0 Å². The van der Waals surface area contributed by atoms with Crippen molar-refractivity contribution in [2.75, 3.05) is 13.1 Å². The summed E-state index contributed by atoms with van der Waals surface area (Å²) < 4.78 is 46.8. The van der Waals surface area contributed by atoms with Crippen LogP contribution in [0.15, 0.2) is 17.8 Å². The molecule has 2 heterocycles. The van der Waals surface area contributed by atoms with Crippen molar-refractivity contribution in [3.63, 3.8) is 0 Å². The summed E-state index contributed by atoms with van der Waals surface area (Å²) in [6.45, 7) is 7.88. The standard InChI is InChI=1S/C20H24F3N3O2S/c1-5-24-18(29)25-17-16(26-10-6-7-14(26)27)15-11(2)12(20(21,22)23)8-9-13(15)28-19(17,3)4/h8-9H,5-7,10H2,1-4H3,(H2,24,25,29). The van der Waals surface area contributed by atoms with Crippen molar-refractivity contribution >= 4 is 28.9 Å². The predicted octanol–water partition coefficient (Wildman–Crippen LogP) is 3.96. The summed E-state index contributed by atoms with van der Waals surface area (Å²) in [5, 5.41) is 6.37. The number of amides is 1. The van der Waals surface area contributed by atoms with Gasteiger partial charge in [-0.15, -0.1) is 0 Å². The topological polar surface area (TPSA) is 53.6 Å². The number of halogens is 3. The van der Waals surface area contributed by atoms with Gasteiger partial charge in [-0.1, -0.05) is 0 Å². The van der Waals surface area contributed by atoms with Crippen molar-refractivity contribution < 1.29 is 22.7 Å². The number of nitrogens with one attached hydrogen (secondary N) is 2. The Morgan fingerprint density at radius 1 is 1.34 bits per heavy atom. The van der Waals surface area contributed by atoms with E-state index in [0.29, 0.717) is 48.2 Å². The van der Waals surface area contributed by atoms with Crippen LogP contribution in [0.3, 0.4) is 0 Å². The number of hydrogen-bond donors (Lipinski definition) is 2. The Balaban J connectivity index is 2.29. The highest BCUT2D eigenvalue weighted by molar-refractivity contribution is 7.80. The maximum Gasteiger partial charge on any atom is 0.416 e. The summed E-state index contributed by atoms with van der Waals surface area (Å²) in [6.07, 6.45) is -3.52. The van der Waals surface area contributed by atoms with Crippen LogP contribution in [0, 0.1) is 6.92 Å². The molecular formula is C20H24F3N3O2S. The maximum absolute atomic E-state index is 13.6. The minimum absolute atomic E-state index is 0.0221. The lowest BCUT2D eigenvalue weighted by Gasteiger charge is -2.40. The van der Waals surface area contributed by atoms with E-state index in [-0.39, 0.29) is 17.0 Å². The van der Waals surface area contributed by atoms with Gasteiger partial charge in [0.15, 0.2) is 5.11 Å². The van der Waals surface area contributed by atoms with Crippen molar-refractivity contribution in [3.8, 4) is 5.75 Å². The Bertz CT molecular complexity index is 894. The Hall–Kier alpha value is -2.29. The fourth-order valence-corrected chi connectivity index (χ4v) is 4.04. The van der Waals surface area contributed by atoms with Gasteiger partial charge in [-0.3, -0.25) is 4.79 Å². The van der Waals surface area contributed by atoms with E-state index >= 15 is 0 Å². The molecule has 158 valence electrons. The monoisotopic (exact) mass is 427 g/mol. The molecule has 3 rings (SSSR count). The highest BCUT2D eigenvalue weighted by Gasteiger charge is 2.43. The van der Waals surface area contributed by atoms with Crippen LogP contribution in [-0.2, 0) is 11.0 Å². The third kappa shape index (κ3) is 3.92. The van der Waals surface area contributed by atoms with E-state index < -0.39 is 17.3 Å². The second kappa shape index (κ2) is 7.51. The van der Waals surface area contributed by atoms with Crippen LogP contribution in [0.2, 0.25) is 0 Å². The molecule has 0 spiro atoms.